The normalized spacial score (nSPS) is 11.2. The number of hydrogen-bond donors (Lipinski definition) is 2. The summed E-state index contributed by atoms with van der Waals surface area (Å²) in [4.78, 5) is 8.30. The van der Waals surface area contributed by atoms with E-state index < -0.39 is 0 Å². The molecule has 5 heteroatoms. The van der Waals surface area contributed by atoms with Crippen LogP contribution >= 0.6 is 0 Å². The monoisotopic (exact) mass is 224 g/mol. The third kappa shape index (κ3) is 4.02. The van der Waals surface area contributed by atoms with Gasteiger partial charge in [0.15, 0.2) is 0 Å². The van der Waals surface area contributed by atoms with E-state index in [2.05, 4.69) is 29.1 Å². The Balaban J connectivity index is 2.53. The van der Waals surface area contributed by atoms with Crippen LogP contribution in [0.2, 0.25) is 0 Å². The van der Waals surface area contributed by atoms with Gasteiger partial charge in [0.2, 0.25) is 11.8 Å². The van der Waals surface area contributed by atoms with Crippen molar-refractivity contribution in [3.63, 3.8) is 0 Å². The summed E-state index contributed by atoms with van der Waals surface area (Å²) in [6.07, 6.45) is 2.63. The second-order valence-corrected chi connectivity index (χ2v) is 4.48. The van der Waals surface area contributed by atoms with Gasteiger partial charge < -0.3 is 15.8 Å². The van der Waals surface area contributed by atoms with Crippen LogP contribution in [-0.4, -0.2) is 30.2 Å². The number of anilines is 1. The first-order chi connectivity index (χ1) is 7.57. The summed E-state index contributed by atoms with van der Waals surface area (Å²) >= 11 is 0. The van der Waals surface area contributed by atoms with Crippen molar-refractivity contribution < 1.29 is 4.74 Å². The summed E-state index contributed by atoms with van der Waals surface area (Å²) in [6.45, 7) is 5.80. The summed E-state index contributed by atoms with van der Waals surface area (Å²) in [6, 6.07) is 1.72. The predicted molar refractivity (Wildman–Crippen MR) is 64.5 cm³/mol. The number of nitrogens with one attached hydrogen (secondary N) is 1. The van der Waals surface area contributed by atoms with Gasteiger partial charge in [-0.05, 0) is 18.4 Å². The molecule has 0 unspecified atom stereocenters. The van der Waals surface area contributed by atoms with E-state index >= 15 is 0 Å². The number of hydrogen-bond acceptors (Lipinski definition) is 5. The molecule has 16 heavy (non-hydrogen) atoms. The molecule has 1 heterocycles. The number of methoxy groups -OCH3 is 1. The maximum absolute atomic E-state index is 5.55. The second-order valence-electron chi connectivity index (χ2n) is 4.48. The number of nitrogens with zero attached hydrogens (tertiary/aromatic N) is 2. The minimum atomic E-state index is 0.140. The number of rotatable bonds is 6. The standard InChI is InChI=1S/C11H20N4O/c1-11(2,5-6-12)8-14-10-13-7-4-9(15-10)16-3/h4,7H,5-6,8,12H2,1-3H3,(H,13,14,15). The van der Waals surface area contributed by atoms with E-state index in [0.29, 0.717) is 18.4 Å². The largest absolute Gasteiger partial charge is 0.481 e. The molecular weight excluding hydrogens is 204 g/mol. The van der Waals surface area contributed by atoms with Crippen LogP contribution in [0.25, 0.3) is 0 Å². The van der Waals surface area contributed by atoms with Crippen molar-refractivity contribution in [3.8, 4) is 5.88 Å². The third-order valence-electron chi connectivity index (χ3n) is 2.39. The highest BCUT2D eigenvalue weighted by Crippen LogP contribution is 2.19. The molecule has 1 rings (SSSR count). The van der Waals surface area contributed by atoms with Crippen LogP contribution in [0.1, 0.15) is 20.3 Å². The molecule has 0 bridgehead atoms. The van der Waals surface area contributed by atoms with Gasteiger partial charge in [-0.1, -0.05) is 13.8 Å². The summed E-state index contributed by atoms with van der Waals surface area (Å²) in [5, 5.41) is 3.19. The molecule has 0 saturated heterocycles. The van der Waals surface area contributed by atoms with Crippen molar-refractivity contribution >= 4 is 5.95 Å². The van der Waals surface area contributed by atoms with Crippen LogP contribution in [0.4, 0.5) is 5.95 Å². The lowest BCUT2D eigenvalue weighted by molar-refractivity contribution is 0.363. The van der Waals surface area contributed by atoms with Crippen LogP contribution in [0.5, 0.6) is 5.88 Å². The SMILES string of the molecule is COc1ccnc(NCC(C)(C)CCN)n1. The van der Waals surface area contributed by atoms with Gasteiger partial charge in [-0.15, -0.1) is 0 Å². The molecule has 1 aromatic heterocycles. The maximum Gasteiger partial charge on any atom is 0.225 e. The van der Waals surface area contributed by atoms with E-state index in [1.807, 2.05) is 0 Å². The van der Waals surface area contributed by atoms with Crippen molar-refractivity contribution in [1.82, 2.24) is 9.97 Å². The first-order valence-electron chi connectivity index (χ1n) is 5.38. The minimum absolute atomic E-state index is 0.140. The maximum atomic E-state index is 5.55. The Morgan fingerprint density at radius 1 is 1.50 bits per heavy atom. The molecule has 3 N–H and O–H groups in total. The number of ether oxygens (including phenoxy) is 1. The fourth-order valence-electron chi connectivity index (χ4n) is 1.34. The number of aromatic nitrogens is 2. The molecule has 0 aliphatic carbocycles. The summed E-state index contributed by atoms with van der Waals surface area (Å²) < 4.78 is 5.02. The lowest BCUT2D eigenvalue weighted by Gasteiger charge is -2.24. The van der Waals surface area contributed by atoms with Gasteiger partial charge in [0.1, 0.15) is 0 Å². The Bertz CT molecular complexity index is 328. The van der Waals surface area contributed by atoms with E-state index in [1.54, 1.807) is 19.4 Å². The molecule has 0 spiro atoms. The van der Waals surface area contributed by atoms with E-state index in [9.17, 15) is 0 Å². The minimum Gasteiger partial charge on any atom is -0.481 e. The van der Waals surface area contributed by atoms with Crippen molar-refractivity contribution in [2.45, 2.75) is 20.3 Å². The van der Waals surface area contributed by atoms with E-state index in [4.69, 9.17) is 10.5 Å². The lowest BCUT2D eigenvalue weighted by Crippen LogP contribution is -2.26. The molecule has 0 fully saturated rings. The molecule has 0 atom stereocenters. The fourth-order valence-corrected chi connectivity index (χ4v) is 1.34. The van der Waals surface area contributed by atoms with Crippen LogP contribution in [-0.2, 0) is 0 Å². The van der Waals surface area contributed by atoms with Gasteiger partial charge in [-0.3, -0.25) is 0 Å². The Labute approximate surface area is 96.4 Å². The first kappa shape index (κ1) is 12.7. The average molecular weight is 224 g/mol. The zero-order valence-electron chi connectivity index (χ0n) is 10.2. The van der Waals surface area contributed by atoms with E-state index in [-0.39, 0.29) is 5.41 Å². The highest BCUT2D eigenvalue weighted by atomic mass is 16.5. The summed E-state index contributed by atoms with van der Waals surface area (Å²) in [5.74, 6) is 1.15. The molecule has 5 nitrogen and oxygen atoms in total. The highest BCUT2D eigenvalue weighted by molar-refractivity contribution is 5.27. The zero-order chi connectivity index (χ0) is 12.0. The molecule has 0 saturated carbocycles. The first-order valence-corrected chi connectivity index (χ1v) is 5.38. The molecule has 0 amide bonds. The topological polar surface area (TPSA) is 73.1 Å². The van der Waals surface area contributed by atoms with Gasteiger partial charge in [-0.2, -0.15) is 4.98 Å². The van der Waals surface area contributed by atoms with Gasteiger partial charge >= 0.3 is 0 Å². The third-order valence-corrected chi connectivity index (χ3v) is 2.39. The predicted octanol–water partition coefficient (Wildman–Crippen LogP) is 1.27. The van der Waals surface area contributed by atoms with Crippen LogP contribution in [0, 0.1) is 5.41 Å². The quantitative estimate of drug-likeness (QED) is 0.761. The van der Waals surface area contributed by atoms with Crippen LogP contribution in [0.3, 0.4) is 0 Å². The number of nitrogens with two attached hydrogens (primary N) is 1. The van der Waals surface area contributed by atoms with E-state index in [1.165, 1.54) is 0 Å². The van der Waals surface area contributed by atoms with Gasteiger partial charge in [-0.25, -0.2) is 4.98 Å². The lowest BCUT2D eigenvalue weighted by atomic mass is 9.89. The molecule has 1 aromatic rings. The zero-order valence-corrected chi connectivity index (χ0v) is 10.2. The highest BCUT2D eigenvalue weighted by Gasteiger charge is 2.16. The Morgan fingerprint density at radius 2 is 2.25 bits per heavy atom. The van der Waals surface area contributed by atoms with Gasteiger partial charge in [0, 0.05) is 18.8 Å². The smallest absolute Gasteiger partial charge is 0.225 e. The van der Waals surface area contributed by atoms with Crippen LogP contribution < -0.4 is 15.8 Å². The van der Waals surface area contributed by atoms with Crippen molar-refractivity contribution in [3.05, 3.63) is 12.3 Å². The fraction of sp³-hybridized carbons (Fsp3) is 0.636. The molecule has 0 aliphatic rings. The van der Waals surface area contributed by atoms with E-state index in [0.717, 1.165) is 13.0 Å². The van der Waals surface area contributed by atoms with Crippen molar-refractivity contribution in [2.75, 3.05) is 25.5 Å². The molecule has 0 radical (unpaired) electrons. The Kier molecular flexibility index (Phi) is 4.49. The van der Waals surface area contributed by atoms with Crippen LogP contribution in [0.15, 0.2) is 12.3 Å². The van der Waals surface area contributed by atoms with Gasteiger partial charge in [0.05, 0.1) is 7.11 Å². The molecule has 90 valence electrons. The van der Waals surface area contributed by atoms with Gasteiger partial charge in [0.25, 0.3) is 0 Å². The Hall–Kier alpha value is -1.36. The van der Waals surface area contributed by atoms with Crippen molar-refractivity contribution in [1.29, 1.82) is 0 Å². The molecule has 0 aromatic carbocycles. The Morgan fingerprint density at radius 3 is 2.88 bits per heavy atom. The summed E-state index contributed by atoms with van der Waals surface area (Å²) in [7, 11) is 1.59. The second kappa shape index (κ2) is 5.65. The van der Waals surface area contributed by atoms with Crippen molar-refractivity contribution in [2.24, 2.45) is 11.1 Å². The molecule has 0 aliphatic heterocycles. The average Bonchev–Trinajstić information content (AvgIpc) is 2.27. The summed E-state index contributed by atoms with van der Waals surface area (Å²) in [5.41, 5.74) is 5.69. The molecular formula is C11H20N4O.